The molecule has 5 heteroatoms. The molecule has 3 aliphatic rings. The van der Waals surface area contributed by atoms with Gasteiger partial charge in [0, 0.05) is 64.5 Å². The molecule has 0 aromatic heterocycles. The van der Waals surface area contributed by atoms with Crippen LogP contribution in [0.15, 0.2) is 59.7 Å². The van der Waals surface area contributed by atoms with Crippen LogP contribution in [0.3, 0.4) is 0 Å². The fourth-order valence-electron chi connectivity index (χ4n) is 5.36. The first-order valence-electron chi connectivity index (χ1n) is 12.9. The van der Waals surface area contributed by atoms with Crippen LogP contribution in [0.25, 0.3) is 0 Å². The van der Waals surface area contributed by atoms with E-state index < -0.39 is 0 Å². The topological polar surface area (TPSA) is 36.0 Å². The van der Waals surface area contributed by atoms with E-state index in [0.29, 0.717) is 5.92 Å². The summed E-state index contributed by atoms with van der Waals surface area (Å²) in [6.45, 7) is 17.9. The van der Waals surface area contributed by atoms with Crippen LogP contribution in [0.4, 0.5) is 0 Å². The number of benzene rings is 1. The predicted octanol–water partition coefficient (Wildman–Crippen LogP) is 4.06. The lowest BCUT2D eigenvalue weighted by molar-refractivity contribution is -0.128. The zero-order chi connectivity index (χ0) is 23.9. The molecule has 1 amide bonds. The van der Waals surface area contributed by atoms with Crippen molar-refractivity contribution >= 4 is 5.91 Å². The second-order valence-corrected chi connectivity index (χ2v) is 10.3. The summed E-state index contributed by atoms with van der Waals surface area (Å²) in [5, 5.41) is 0. The Balaban J connectivity index is 1.29. The Kier molecular flexibility index (Phi) is 8.76. The van der Waals surface area contributed by atoms with E-state index in [4.69, 9.17) is 4.74 Å². The van der Waals surface area contributed by atoms with Gasteiger partial charge in [-0.2, -0.15) is 0 Å². The second kappa shape index (κ2) is 12.0. The molecule has 1 aromatic rings. The Morgan fingerprint density at radius 2 is 1.88 bits per heavy atom. The normalized spacial score (nSPS) is 21.6. The number of carbonyl (C=O) groups is 1. The molecule has 4 rings (SSSR count). The second-order valence-electron chi connectivity index (χ2n) is 10.3. The van der Waals surface area contributed by atoms with Crippen molar-refractivity contribution in [2.75, 3.05) is 59.0 Å². The van der Waals surface area contributed by atoms with E-state index in [9.17, 15) is 4.79 Å². The van der Waals surface area contributed by atoms with Gasteiger partial charge in [0.1, 0.15) is 0 Å². The number of fused-ring (bicyclic) bond motifs is 1. The molecule has 1 saturated heterocycles. The van der Waals surface area contributed by atoms with Crippen LogP contribution >= 0.6 is 0 Å². The molecule has 0 N–H and O–H groups in total. The van der Waals surface area contributed by atoms with Crippen LogP contribution in [-0.4, -0.2) is 79.6 Å². The van der Waals surface area contributed by atoms with Crippen LogP contribution in [0, 0.1) is 5.92 Å². The highest BCUT2D eigenvalue weighted by atomic mass is 16.5. The van der Waals surface area contributed by atoms with Crippen molar-refractivity contribution in [2.45, 2.75) is 39.7 Å². The number of carbonyl (C=O) groups excluding carboxylic acids is 1. The van der Waals surface area contributed by atoms with Gasteiger partial charge in [0.15, 0.2) is 0 Å². The molecule has 3 heterocycles. The van der Waals surface area contributed by atoms with Crippen molar-refractivity contribution < 1.29 is 9.53 Å². The van der Waals surface area contributed by atoms with E-state index in [0.717, 1.165) is 96.0 Å². The Labute approximate surface area is 205 Å². The van der Waals surface area contributed by atoms with Crippen molar-refractivity contribution in [3.8, 4) is 0 Å². The van der Waals surface area contributed by atoms with Crippen LogP contribution in [0.2, 0.25) is 0 Å². The Morgan fingerprint density at radius 3 is 2.74 bits per heavy atom. The molecule has 0 unspecified atom stereocenters. The van der Waals surface area contributed by atoms with Gasteiger partial charge in [-0.05, 0) is 54.9 Å². The van der Waals surface area contributed by atoms with Gasteiger partial charge in [-0.25, -0.2) is 0 Å². The van der Waals surface area contributed by atoms with Gasteiger partial charge in [-0.15, -0.1) is 0 Å². The summed E-state index contributed by atoms with van der Waals surface area (Å²) in [5.74, 6) is 0.616. The van der Waals surface area contributed by atoms with Gasteiger partial charge in [0.25, 0.3) is 5.91 Å². The highest BCUT2D eigenvalue weighted by molar-refractivity contribution is 5.97. The minimum atomic E-state index is 0.173. The van der Waals surface area contributed by atoms with Gasteiger partial charge in [-0.1, -0.05) is 49.4 Å². The molecular weight excluding hydrogens is 422 g/mol. The lowest BCUT2D eigenvalue weighted by atomic mass is 9.97. The Hall–Kier alpha value is -2.21. The molecule has 34 heavy (non-hydrogen) atoms. The van der Waals surface area contributed by atoms with Crippen molar-refractivity contribution in [2.24, 2.45) is 5.92 Å². The third-order valence-electron chi connectivity index (χ3n) is 7.27. The lowest BCUT2D eigenvalue weighted by Crippen LogP contribution is -2.42. The summed E-state index contributed by atoms with van der Waals surface area (Å²) >= 11 is 0. The molecule has 0 radical (unpaired) electrons. The van der Waals surface area contributed by atoms with Crippen molar-refractivity contribution in [1.29, 1.82) is 0 Å². The summed E-state index contributed by atoms with van der Waals surface area (Å²) in [6, 6.07) is 8.78. The van der Waals surface area contributed by atoms with Crippen LogP contribution < -0.4 is 0 Å². The maximum Gasteiger partial charge on any atom is 0.253 e. The van der Waals surface area contributed by atoms with E-state index in [2.05, 4.69) is 59.4 Å². The van der Waals surface area contributed by atoms with Gasteiger partial charge >= 0.3 is 0 Å². The molecule has 0 saturated carbocycles. The first kappa shape index (κ1) is 24.9. The van der Waals surface area contributed by atoms with Crippen molar-refractivity contribution in [3.63, 3.8) is 0 Å². The predicted molar refractivity (Wildman–Crippen MR) is 139 cm³/mol. The van der Waals surface area contributed by atoms with Gasteiger partial charge in [-0.3, -0.25) is 14.6 Å². The summed E-state index contributed by atoms with van der Waals surface area (Å²) < 4.78 is 5.55. The molecule has 1 aromatic carbocycles. The van der Waals surface area contributed by atoms with Crippen molar-refractivity contribution in [1.82, 2.24) is 14.7 Å². The highest BCUT2D eigenvalue weighted by Crippen LogP contribution is 2.23. The van der Waals surface area contributed by atoms with E-state index in [1.807, 2.05) is 12.2 Å². The SMILES string of the molecule is C=C(/C=C\C1=C(C)CCN(C[C@H](C)CN2CCc3ccccc3C2)C1=O)CN1CCCOCC1. The molecule has 0 bridgehead atoms. The fraction of sp³-hybridized carbons (Fsp3) is 0.552. The number of ether oxygens (including phenoxy) is 1. The summed E-state index contributed by atoms with van der Waals surface area (Å²) in [5.41, 5.74) is 6.03. The molecule has 1 atom stereocenters. The third-order valence-corrected chi connectivity index (χ3v) is 7.27. The number of nitrogens with zero attached hydrogens (tertiary/aromatic N) is 3. The summed E-state index contributed by atoms with van der Waals surface area (Å²) in [6.07, 6.45) is 7.19. The zero-order valence-corrected chi connectivity index (χ0v) is 21.1. The highest BCUT2D eigenvalue weighted by Gasteiger charge is 2.26. The van der Waals surface area contributed by atoms with Crippen LogP contribution in [0.5, 0.6) is 0 Å². The maximum absolute atomic E-state index is 13.3. The van der Waals surface area contributed by atoms with E-state index in [-0.39, 0.29) is 5.91 Å². The van der Waals surface area contributed by atoms with E-state index >= 15 is 0 Å². The van der Waals surface area contributed by atoms with E-state index in [1.54, 1.807) is 0 Å². The fourth-order valence-corrected chi connectivity index (χ4v) is 5.36. The molecule has 0 aliphatic carbocycles. The number of hydrogen-bond donors (Lipinski definition) is 0. The van der Waals surface area contributed by atoms with Crippen molar-refractivity contribution in [3.05, 3.63) is 70.8 Å². The van der Waals surface area contributed by atoms with Gasteiger partial charge in [0.05, 0.1) is 6.61 Å². The third kappa shape index (κ3) is 6.68. The Bertz CT molecular complexity index is 927. The quantitative estimate of drug-likeness (QED) is 0.545. The summed E-state index contributed by atoms with van der Waals surface area (Å²) in [7, 11) is 0. The molecular formula is C29H41N3O2. The molecule has 0 spiro atoms. The van der Waals surface area contributed by atoms with Crippen LogP contribution in [-0.2, 0) is 22.5 Å². The molecule has 1 fully saturated rings. The monoisotopic (exact) mass is 463 g/mol. The first-order chi connectivity index (χ1) is 16.5. The average Bonchev–Trinajstić information content (AvgIpc) is 3.09. The largest absolute Gasteiger partial charge is 0.380 e. The smallest absolute Gasteiger partial charge is 0.253 e. The summed E-state index contributed by atoms with van der Waals surface area (Å²) in [4.78, 5) is 20.3. The average molecular weight is 464 g/mol. The van der Waals surface area contributed by atoms with E-state index in [1.165, 1.54) is 16.7 Å². The van der Waals surface area contributed by atoms with Crippen LogP contribution in [0.1, 0.15) is 37.8 Å². The standard InChI is InChI=1S/C29H41N3O2/c1-23(19-30-13-6-17-34-18-16-30)9-10-28-25(3)11-15-32(29(28)33)21-24(2)20-31-14-12-26-7-4-5-8-27(26)22-31/h4-5,7-10,24H,1,6,11-22H2,2-3H3/b10-9-/t24-/m1/s1. The minimum absolute atomic E-state index is 0.173. The number of rotatable bonds is 8. The number of hydrogen-bond acceptors (Lipinski definition) is 4. The number of amides is 1. The first-order valence-corrected chi connectivity index (χ1v) is 12.9. The van der Waals surface area contributed by atoms with Gasteiger partial charge < -0.3 is 9.64 Å². The zero-order valence-electron chi connectivity index (χ0n) is 21.1. The molecule has 5 nitrogen and oxygen atoms in total. The Morgan fingerprint density at radius 1 is 1.06 bits per heavy atom. The maximum atomic E-state index is 13.3. The van der Waals surface area contributed by atoms with Gasteiger partial charge in [0.2, 0.25) is 0 Å². The lowest BCUT2D eigenvalue weighted by Gasteiger charge is -2.34. The molecule has 3 aliphatic heterocycles. The molecule has 184 valence electrons. The minimum Gasteiger partial charge on any atom is -0.380 e.